The summed E-state index contributed by atoms with van der Waals surface area (Å²) in [6, 6.07) is 0. The molecule has 1 aliphatic heterocycles. The van der Waals surface area contributed by atoms with E-state index in [1.54, 1.807) is 6.20 Å². The van der Waals surface area contributed by atoms with Gasteiger partial charge in [-0.2, -0.15) is 0 Å². The molecule has 23 heavy (non-hydrogen) atoms. The molecule has 6 nitrogen and oxygen atoms in total. The first-order valence-electron chi connectivity index (χ1n) is 8.60. The van der Waals surface area contributed by atoms with Crippen molar-refractivity contribution in [3.63, 3.8) is 0 Å². The predicted octanol–water partition coefficient (Wildman–Crippen LogP) is 1.70. The third kappa shape index (κ3) is 4.89. The topological polar surface area (TPSA) is 61.4 Å². The molecule has 0 radical (unpaired) electrons. The number of nitrogens with one attached hydrogen (secondary N) is 1. The number of likely N-dealkylation sites (N-methyl/N-ethyl adjacent to an activating group) is 1. The van der Waals surface area contributed by atoms with E-state index in [-0.39, 0.29) is 5.91 Å². The number of aromatic nitrogens is 2. The summed E-state index contributed by atoms with van der Waals surface area (Å²) in [5.41, 5.74) is 1.32. The van der Waals surface area contributed by atoms with Crippen molar-refractivity contribution in [2.24, 2.45) is 5.92 Å². The molecule has 1 aromatic rings. The standard InChI is InChI=1S/C17H29N5O/c1-5-21-8-10-22(11-9-21)17-19-12-15(14(4)20-17)16(23)18-7-6-13(2)3/h12-13H,5-11H2,1-4H3,(H,18,23). The average molecular weight is 319 g/mol. The minimum Gasteiger partial charge on any atom is -0.352 e. The highest BCUT2D eigenvalue weighted by Gasteiger charge is 2.19. The van der Waals surface area contributed by atoms with E-state index in [1.807, 2.05) is 6.92 Å². The van der Waals surface area contributed by atoms with Crippen molar-refractivity contribution in [1.82, 2.24) is 20.2 Å². The van der Waals surface area contributed by atoms with Crippen LogP contribution >= 0.6 is 0 Å². The van der Waals surface area contributed by atoms with Gasteiger partial charge in [-0.25, -0.2) is 9.97 Å². The Morgan fingerprint density at radius 2 is 2.00 bits per heavy atom. The van der Waals surface area contributed by atoms with Gasteiger partial charge in [0.25, 0.3) is 5.91 Å². The normalized spacial score (nSPS) is 16.0. The second-order valence-electron chi connectivity index (χ2n) is 6.53. The van der Waals surface area contributed by atoms with Crippen LogP contribution in [0.4, 0.5) is 5.95 Å². The number of anilines is 1. The van der Waals surface area contributed by atoms with E-state index in [0.717, 1.165) is 50.8 Å². The largest absolute Gasteiger partial charge is 0.352 e. The number of aryl methyl sites for hydroxylation is 1. The van der Waals surface area contributed by atoms with Gasteiger partial charge >= 0.3 is 0 Å². The smallest absolute Gasteiger partial charge is 0.254 e. The van der Waals surface area contributed by atoms with Crippen molar-refractivity contribution >= 4 is 11.9 Å². The summed E-state index contributed by atoms with van der Waals surface area (Å²) in [4.78, 5) is 25.8. The Morgan fingerprint density at radius 1 is 1.30 bits per heavy atom. The summed E-state index contributed by atoms with van der Waals surface area (Å²) in [5.74, 6) is 1.24. The maximum atomic E-state index is 12.2. The molecule has 0 unspecified atom stereocenters. The van der Waals surface area contributed by atoms with Crippen molar-refractivity contribution in [3.05, 3.63) is 17.5 Å². The first-order valence-corrected chi connectivity index (χ1v) is 8.60. The van der Waals surface area contributed by atoms with Crippen molar-refractivity contribution in [1.29, 1.82) is 0 Å². The second-order valence-corrected chi connectivity index (χ2v) is 6.53. The molecular weight excluding hydrogens is 290 g/mol. The van der Waals surface area contributed by atoms with Gasteiger partial charge in [0.2, 0.25) is 5.95 Å². The van der Waals surface area contributed by atoms with Gasteiger partial charge in [-0.05, 0) is 25.8 Å². The van der Waals surface area contributed by atoms with Gasteiger partial charge in [-0.15, -0.1) is 0 Å². The van der Waals surface area contributed by atoms with Crippen LogP contribution in [0.2, 0.25) is 0 Å². The van der Waals surface area contributed by atoms with Crippen LogP contribution in [0, 0.1) is 12.8 Å². The summed E-state index contributed by atoms with van der Waals surface area (Å²) >= 11 is 0. The highest BCUT2D eigenvalue weighted by molar-refractivity contribution is 5.94. The van der Waals surface area contributed by atoms with Crippen LogP contribution in [0.1, 0.15) is 43.2 Å². The number of piperazine rings is 1. The summed E-state index contributed by atoms with van der Waals surface area (Å²) in [7, 11) is 0. The Bertz CT molecular complexity index is 524. The molecule has 0 spiro atoms. The minimum atomic E-state index is -0.0782. The van der Waals surface area contributed by atoms with Gasteiger partial charge in [0.05, 0.1) is 11.3 Å². The summed E-state index contributed by atoms with van der Waals surface area (Å²) in [5, 5.41) is 2.94. The Labute approximate surface area is 139 Å². The van der Waals surface area contributed by atoms with E-state index in [4.69, 9.17) is 0 Å². The van der Waals surface area contributed by atoms with Gasteiger partial charge in [-0.1, -0.05) is 20.8 Å². The highest BCUT2D eigenvalue weighted by Crippen LogP contribution is 2.13. The number of nitrogens with zero attached hydrogens (tertiary/aromatic N) is 4. The Morgan fingerprint density at radius 3 is 2.57 bits per heavy atom. The van der Waals surface area contributed by atoms with Crippen molar-refractivity contribution < 1.29 is 4.79 Å². The van der Waals surface area contributed by atoms with Crippen LogP contribution in [0.25, 0.3) is 0 Å². The fraction of sp³-hybridized carbons (Fsp3) is 0.706. The monoisotopic (exact) mass is 319 g/mol. The van der Waals surface area contributed by atoms with Crippen LogP contribution in [0.3, 0.4) is 0 Å². The summed E-state index contributed by atoms with van der Waals surface area (Å²) in [6.45, 7) is 14.1. The molecule has 1 amide bonds. The van der Waals surface area contributed by atoms with Gasteiger partial charge in [-0.3, -0.25) is 4.79 Å². The lowest BCUT2D eigenvalue weighted by Gasteiger charge is -2.34. The molecule has 128 valence electrons. The van der Waals surface area contributed by atoms with Gasteiger partial charge in [0, 0.05) is 38.9 Å². The van der Waals surface area contributed by atoms with Crippen molar-refractivity contribution in [3.8, 4) is 0 Å². The molecule has 0 aromatic carbocycles. The van der Waals surface area contributed by atoms with E-state index in [1.165, 1.54) is 0 Å². The Kier molecular flexibility index (Phi) is 6.33. The maximum Gasteiger partial charge on any atom is 0.254 e. The first kappa shape index (κ1) is 17.7. The number of hydrogen-bond donors (Lipinski definition) is 1. The van der Waals surface area contributed by atoms with Crippen LogP contribution in [-0.4, -0.2) is 60.0 Å². The van der Waals surface area contributed by atoms with E-state index in [2.05, 4.69) is 45.9 Å². The van der Waals surface area contributed by atoms with E-state index in [0.29, 0.717) is 18.0 Å². The molecule has 0 atom stereocenters. The minimum absolute atomic E-state index is 0.0782. The first-order chi connectivity index (χ1) is 11.0. The van der Waals surface area contributed by atoms with Crippen LogP contribution in [0.5, 0.6) is 0 Å². The number of carbonyl (C=O) groups is 1. The molecule has 1 fully saturated rings. The van der Waals surface area contributed by atoms with Gasteiger partial charge in [0.15, 0.2) is 0 Å². The number of amides is 1. The van der Waals surface area contributed by atoms with Crippen LogP contribution < -0.4 is 10.2 Å². The Balaban J connectivity index is 1.96. The molecule has 1 aliphatic rings. The molecule has 1 aromatic heterocycles. The molecule has 1 N–H and O–H groups in total. The molecule has 6 heteroatoms. The lowest BCUT2D eigenvalue weighted by atomic mass is 10.1. The SMILES string of the molecule is CCN1CCN(c2ncc(C(=O)NCCC(C)C)c(C)n2)CC1. The third-order valence-electron chi connectivity index (χ3n) is 4.32. The molecule has 0 saturated carbocycles. The van der Waals surface area contributed by atoms with E-state index >= 15 is 0 Å². The fourth-order valence-electron chi connectivity index (χ4n) is 2.66. The zero-order chi connectivity index (χ0) is 16.8. The summed E-state index contributed by atoms with van der Waals surface area (Å²) in [6.07, 6.45) is 2.64. The fourth-order valence-corrected chi connectivity index (χ4v) is 2.66. The number of carbonyl (C=O) groups excluding carboxylic acids is 1. The Hall–Kier alpha value is -1.69. The highest BCUT2D eigenvalue weighted by atomic mass is 16.1. The average Bonchev–Trinajstić information content (AvgIpc) is 2.54. The van der Waals surface area contributed by atoms with Crippen molar-refractivity contribution in [2.75, 3.05) is 44.2 Å². The van der Waals surface area contributed by atoms with Crippen molar-refractivity contribution in [2.45, 2.75) is 34.1 Å². The molecule has 1 saturated heterocycles. The van der Waals surface area contributed by atoms with Gasteiger partial charge in [0.1, 0.15) is 0 Å². The predicted molar refractivity (Wildman–Crippen MR) is 92.9 cm³/mol. The molecule has 2 rings (SSSR count). The molecule has 0 bridgehead atoms. The lowest BCUT2D eigenvalue weighted by Crippen LogP contribution is -2.46. The number of hydrogen-bond acceptors (Lipinski definition) is 5. The second kappa shape index (κ2) is 8.24. The molecule has 2 heterocycles. The van der Waals surface area contributed by atoms with E-state index < -0.39 is 0 Å². The van der Waals surface area contributed by atoms with Crippen LogP contribution in [0.15, 0.2) is 6.20 Å². The van der Waals surface area contributed by atoms with E-state index in [9.17, 15) is 4.79 Å². The molecular formula is C17H29N5O. The molecule has 0 aliphatic carbocycles. The maximum absolute atomic E-state index is 12.2. The third-order valence-corrected chi connectivity index (χ3v) is 4.32. The zero-order valence-electron chi connectivity index (χ0n) is 14.8. The number of rotatable bonds is 6. The zero-order valence-corrected chi connectivity index (χ0v) is 14.8. The van der Waals surface area contributed by atoms with Gasteiger partial charge < -0.3 is 15.1 Å². The van der Waals surface area contributed by atoms with Crippen LogP contribution in [-0.2, 0) is 0 Å². The summed E-state index contributed by atoms with van der Waals surface area (Å²) < 4.78 is 0. The quantitative estimate of drug-likeness (QED) is 0.865. The lowest BCUT2D eigenvalue weighted by molar-refractivity contribution is 0.0950.